The highest BCUT2D eigenvalue weighted by Gasteiger charge is 2.13. The molecule has 0 aliphatic rings. The van der Waals surface area contributed by atoms with Crippen molar-refractivity contribution in [2.24, 2.45) is 0 Å². The predicted molar refractivity (Wildman–Crippen MR) is 104 cm³/mol. The van der Waals surface area contributed by atoms with Crippen LogP contribution < -0.4 is 5.32 Å². The van der Waals surface area contributed by atoms with Crippen LogP contribution in [0.5, 0.6) is 0 Å². The Morgan fingerprint density at radius 2 is 1.81 bits per heavy atom. The number of benzene rings is 1. The Kier molecular flexibility index (Phi) is 4.13. The Labute approximate surface area is 152 Å². The zero-order valence-corrected chi connectivity index (χ0v) is 15.1. The molecule has 4 aromatic rings. The molecule has 3 heterocycles. The highest BCUT2D eigenvalue weighted by atomic mass is 15.3. The molecule has 0 aliphatic heterocycles. The Balaban J connectivity index is 1.76. The van der Waals surface area contributed by atoms with E-state index in [9.17, 15) is 0 Å². The first kappa shape index (κ1) is 16.3. The van der Waals surface area contributed by atoms with Gasteiger partial charge < -0.3 is 5.32 Å². The summed E-state index contributed by atoms with van der Waals surface area (Å²) in [7, 11) is 0. The van der Waals surface area contributed by atoms with Crippen LogP contribution in [0.4, 0.5) is 5.82 Å². The van der Waals surface area contributed by atoms with Gasteiger partial charge in [0.25, 0.3) is 0 Å². The smallest absolute Gasteiger partial charge is 0.158 e. The number of hydrogen-bond acceptors (Lipinski definition) is 4. The molecule has 0 fully saturated rings. The second-order valence-electron chi connectivity index (χ2n) is 6.57. The zero-order valence-electron chi connectivity index (χ0n) is 15.1. The van der Waals surface area contributed by atoms with Crippen molar-refractivity contribution in [2.45, 2.75) is 26.8 Å². The second-order valence-corrected chi connectivity index (χ2v) is 6.57. The minimum absolute atomic E-state index is 0.0503. The van der Waals surface area contributed by atoms with Gasteiger partial charge in [0.15, 0.2) is 5.65 Å². The summed E-state index contributed by atoms with van der Waals surface area (Å²) in [4.78, 5) is 9.30. The summed E-state index contributed by atoms with van der Waals surface area (Å²) in [5, 5.41) is 8.12. The third-order valence-electron chi connectivity index (χ3n) is 4.36. The summed E-state index contributed by atoms with van der Waals surface area (Å²) in [5.41, 5.74) is 5.91. The van der Waals surface area contributed by atoms with Gasteiger partial charge in [-0.1, -0.05) is 36.4 Å². The number of pyridine rings is 1. The van der Waals surface area contributed by atoms with Crippen LogP contribution in [0, 0.1) is 13.8 Å². The topological polar surface area (TPSA) is 55.1 Å². The monoisotopic (exact) mass is 343 g/mol. The molecular weight excluding hydrogens is 322 g/mol. The third-order valence-corrected chi connectivity index (χ3v) is 4.36. The maximum atomic E-state index is 4.76. The van der Waals surface area contributed by atoms with Crippen molar-refractivity contribution in [3.63, 3.8) is 0 Å². The van der Waals surface area contributed by atoms with Gasteiger partial charge in [-0.2, -0.15) is 9.61 Å². The molecule has 3 aromatic heterocycles. The molecular formula is C21H21N5. The van der Waals surface area contributed by atoms with Crippen molar-refractivity contribution in [3.05, 3.63) is 77.7 Å². The van der Waals surface area contributed by atoms with E-state index in [0.717, 1.165) is 39.7 Å². The number of fused-ring (bicyclic) bond motifs is 1. The van der Waals surface area contributed by atoms with E-state index in [2.05, 4.69) is 46.6 Å². The van der Waals surface area contributed by atoms with Crippen LogP contribution in [-0.2, 0) is 0 Å². The maximum Gasteiger partial charge on any atom is 0.158 e. The quantitative estimate of drug-likeness (QED) is 0.589. The van der Waals surface area contributed by atoms with Gasteiger partial charge in [0.1, 0.15) is 5.82 Å². The van der Waals surface area contributed by atoms with E-state index in [0.29, 0.717) is 0 Å². The van der Waals surface area contributed by atoms with E-state index in [-0.39, 0.29) is 6.04 Å². The number of aromatic nitrogens is 4. The number of anilines is 1. The van der Waals surface area contributed by atoms with Crippen molar-refractivity contribution < 1.29 is 0 Å². The van der Waals surface area contributed by atoms with Crippen LogP contribution in [-0.4, -0.2) is 19.6 Å². The molecule has 26 heavy (non-hydrogen) atoms. The van der Waals surface area contributed by atoms with Crippen LogP contribution in [0.2, 0.25) is 0 Å². The fourth-order valence-electron chi connectivity index (χ4n) is 2.98. The van der Waals surface area contributed by atoms with Gasteiger partial charge in [0.2, 0.25) is 0 Å². The molecule has 130 valence electrons. The molecule has 0 saturated carbocycles. The van der Waals surface area contributed by atoms with Gasteiger partial charge in [-0.3, -0.25) is 4.98 Å². The fraction of sp³-hybridized carbons (Fsp3) is 0.190. The van der Waals surface area contributed by atoms with Gasteiger partial charge in [-0.15, -0.1) is 0 Å². The number of aryl methyl sites for hydroxylation is 2. The molecule has 0 radical (unpaired) electrons. The van der Waals surface area contributed by atoms with Crippen LogP contribution >= 0.6 is 0 Å². The van der Waals surface area contributed by atoms with E-state index in [1.54, 1.807) is 0 Å². The second kappa shape index (κ2) is 6.59. The van der Waals surface area contributed by atoms with Crippen molar-refractivity contribution in [3.8, 4) is 11.3 Å². The predicted octanol–water partition coefficient (Wildman–Crippen LogP) is 4.58. The van der Waals surface area contributed by atoms with Crippen molar-refractivity contribution in [1.82, 2.24) is 19.6 Å². The van der Waals surface area contributed by atoms with E-state index < -0.39 is 0 Å². The standard InChI is InChI=1S/C21H21N5/c1-14-9-10-18(22-13-14)16(3)23-21-12-19(17-7-5-4-6-8-17)24-20-11-15(2)25-26(20)21/h4-13,16,23H,1-3H3. The molecule has 0 saturated heterocycles. The Bertz CT molecular complexity index is 1040. The Morgan fingerprint density at radius 1 is 1.00 bits per heavy atom. The summed E-state index contributed by atoms with van der Waals surface area (Å²) in [6.45, 7) is 6.12. The van der Waals surface area contributed by atoms with Crippen LogP contribution in [0.1, 0.15) is 29.9 Å². The molecule has 0 aliphatic carbocycles. The van der Waals surface area contributed by atoms with Crippen LogP contribution in [0.3, 0.4) is 0 Å². The van der Waals surface area contributed by atoms with Gasteiger partial charge >= 0.3 is 0 Å². The minimum atomic E-state index is 0.0503. The normalized spacial score (nSPS) is 12.3. The highest BCUT2D eigenvalue weighted by Crippen LogP contribution is 2.25. The largest absolute Gasteiger partial charge is 0.362 e. The number of hydrogen-bond donors (Lipinski definition) is 1. The average molecular weight is 343 g/mol. The summed E-state index contributed by atoms with van der Waals surface area (Å²) in [5.74, 6) is 0.900. The highest BCUT2D eigenvalue weighted by molar-refractivity contribution is 5.66. The Morgan fingerprint density at radius 3 is 2.54 bits per heavy atom. The van der Waals surface area contributed by atoms with E-state index in [4.69, 9.17) is 4.98 Å². The molecule has 5 nitrogen and oxygen atoms in total. The molecule has 1 N–H and O–H groups in total. The first-order valence-corrected chi connectivity index (χ1v) is 8.72. The van der Waals surface area contributed by atoms with Crippen molar-refractivity contribution >= 4 is 11.5 Å². The molecule has 0 amide bonds. The summed E-state index contributed by atoms with van der Waals surface area (Å²) >= 11 is 0. The lowest BCUT2D eigenvalue weighted by atomic mass is 10.1. The molecule has 5 heteroatoms. The SMILES string of the molecule is Cc1ccc(C(C)Nc2cc(-c3ccccc3)nc3cc(C)nn23)nc1. The van der Waals surface area contributed by atoms with Gasteiger partial charge in [-0.05, 0) is 32.4 Å². The van der Waals surface area contributed by atoms with Gasteiger partial charge in [-0.25, -0.2) is 4.98 Å². The zero-order chi connectivity index (χ0) is 18.1. The van der Waals surface area contributed by atoms with Crippen LogP contribution in [0.25, 0.3) is 16.9 Å². The van der Waals surface area contributed by atoms with Gasteiger partial charge in [0, 0.05) is 23.9 Å². The number of rotatable bonds is 4. The fourth-order valence-corrected chi connectivity index (χ4v) is 2.98. The summed E-state index contributed by atoms with van der Waals surface area (Å²) in [6, 6.07) is 18.4. The lowest BCUT2D eigenvalue weighted by molar-refractivity contribution is 0.807. The van der Waals surface area contributed by atoms with E-state index >= 15 is 0 Å². The molecule has 0 spiro atoms. The lowest BCUT2D eigenvalue weighted by Crippen LogP contribution is -2.12. The van der Waals surface area contributed by atoms with Crippen molar-refractivity contribution in [2.75, 3.05) is 5.32 Å². The molecule has 1 unspecified atom stereocenters. The Hall–Kier alpha value is -3.21. The van der Waals surface area contributed by atoms with Gasteiger partial charge in [0.05, 0.1) is 23.1 Å². The molecule has 1 aromatic carbocycles. The molecule has 1 atom stereocenters. The molecule has 4 rings (SSSR count). The average Bonchev–Trinajstić information content (AvgIpc) is 3.03. The van der Waals surface area contributed by atoms with E-state index in [1.807, 2.05) is 54.9 Å². The lowest BCUT2D eigenvalue weighted by Gasteiger charge is -2.16. The summed E-state index contributed by atoms with van der Waals surface area (Å²) in [6.07, 6.45) is 1.89. The van der Waals surface area contributed by atoms with Crippen molar-refractivity contribution in [1.29, 1.82) is 0 Å². The number of nitrogens with one attached hydrogen (secondary N) is 1. The number of nitrogens with zero attached hydrogens (tertiary/aromatic N) is 4. The van der Waals surface area contributed by atoms with E-state index in [1.165, 1.54) is 0 Å². The molecule has 0 bridgehead atoms. The summed E-state index contributed by atoms with van der Waals surface area (Å²) < 4.78 is 1.85. The minimum Gasteiger partial charge on any atom is -0.362 e. The first-order valence-electron chi connectivity index (χ1n) is 8.72. The van der Waals surface area contributed by atoms with Crippen LogP contribution in [0.15, 0.2) is 60.8 Å². The maximum absolute atomic E-state index is 4.76. The third kappa shape index (κ3) is 3.16. The first-order chi connectivity index (χ1) is 12.6.